The summed E-state index contributed by atoms with van der Waals surface area (Å²) >= 11 is 0. The molecule has 3 aromatic rings. The van der Waals surface area contributed by atoms with Crippen LogP contribution in [0.1, 0.15) is 19.3 Å². The summed E-state index contributed by atoms with van der Waals surface area (Å²) in [4.78, 5) is 4.26. The van der Waals surface area contributed by atoms with Crippen LogP contribution in [0.15, 0.2) is 42.5 Å². The molecule has 0 aliphatic rings. The van der Waals surface area contributed by atoms with Crippen LogP contribution in [0.25, 0.3) is 21.8 Å². The smallest absolute Gasteiger partial charge is 0.215 e. The number of hydrogen-bond donors (Lipinski definition) is 0. The number of hydrogen-bond acceptors (Lipinski definition) is 5. The predicted molar refractivity (Wildman–Crippen MR) is 141 cm³/mol. The summed E-state index contributed by atoms with van der Waals surface area (Å²) < 4.78 is 35.8. The van der Waals surface area contributed by atoms with E-state index >= 15 is 0 Å². The maximum atomic E-state index is 10.9. The van der Waals surface area contributed by atoms with Crippen molar-refractivity contribution in [2.24, 2.45) is 0 Å². The van der Waals surface area contributed by atoms with Gasteiger partial charge in [0, 0.05) is 68.2 Å². The normalized spacial score (nSPS) is 12.1. The summed E-state index contributed by atoms with van der Waals surface area (Å²) in [7, 11) is 8.48. The Balaban J connectivity index is 0.00000432. The number of benzene rings is 2. The van der Waals surface area contributed by atoms with Crippen molar-refractivity contribution in [3.8, 4) is 0 Å². The van der Waals surface area contributed by atoms with Crippen molar-refractivity contribution >= 4 is 43.3 Å². The van der Waals surface area contributed by atoms with Crippen LogP contribution in [0, 0.1) is 0 Å². The molecule has 0 aliphatic heterocycles. The van der Waals surface area contributed by atoms with Gasteiger partial charge in [-0.25, -0.2) is 8.42 Å². The van der Waals surface area contributed by atoms with Gasteiger partial charge in [0.1, 0.15) is 0 Å². The highest BCUT2D eigenvalue weighted by Gasteiger charge is 2.20. The SMILES string of the molecule is CN(C)c1ccc2cc3ccc(N(C)C)cc3[n+](CCC[N+](C)(C)CCCCS(=O)(=O)[O-])c2c1.[I-]. The summed E-state index contributed by atoms with van der Waals surface area (Å²) in [5, 5.41) is 2.45. The molecule has 0 spiro atoms. The molecule has 0 radical (unpaired) electrons. The van der Waals surface area contributed by atoms with Gasteiger partial charge in [-0.05, 0) is 43.2 Å². The van der Waals surface area contributed by atoms with Gasteiger partial charge in [-0.2, -0.15) is 4.57 Å². The third-order valence-electron chi connectivity index (χ3n) is 6.51. The molecule has 3 rings (SSSR count). The van der Waals surface area contributed by atoms with Gasteiger partial charge in [0.05, 0.1) is 43.7 Å². The summed E-state index contributed by atoms with van der Waals surface area (Å²) in [6.07, 6.45) is 2.15. The second kappa shape index (κ2) is 12.0. The Hall–Kier alpha value is -1.69. The van der Waals surface area contributed by atoms with E-state index in [0.29, 0.717) is 6.42 Å². The summed E-state index contributed by atoms with van der Waals surface area (Å²) in [5.74, 6) is -0.271. The largest absolute Gasteiger partial charge is 1.00 e. The minimum atomic E-state index is -4.12. The van der Waals surface area contributed by atoms with E-state index in [2.05, 4.69) is 99.1 Å². The zero-order valence-corrected chi connectivity index (χ0v) is 24.8. The molecule has 0 saturated heterocycles. The monoisotopic (exact) mass is 614 g/mol. The fourth-order valence-electron chi connectivity index (χ4n) is 4.46. The maximum absolute atomic E-state index is 10.9. The number of anilines is 2. The van der Waals surface area contributed by atoms with Gasteiger partial charge in [0.25, 0.3) is 0 Å². The first kappa shape index (κ1) is 29.5. The third kappa shape index (κ3) is 8.16. The van der Waals surface area contributed by atoms with Crippen LogP contribution >= 0.6 is 0 Å². The lowest BCUT2D eigenvalue weighted by Crippen LogP contribution is -3.00. The summed E-state index contributed by atoms with van der Waals surface area (Å²) in [5.41, 5.74) is 4.80. The van der Waals surface area contributed by atoms with Gasteiger partial charge in [-0.3, -0.25) is 0 Å². The highest BCUT2D eigenvalue weighted by Crippen LogP contribution is 2.25. The van der Waals surface area contributed by atoms with E-state index in [1.807, 2.05) is 0 Å². The van der Waals surface area contributed by atoms with Crippen molar-refractivity contribution in [2.75, 3.05) is 70.9 Å². The number of nitrogens with zero attached hydrogens (tertiary/aromatic N) is 4. The second-order valence-electron chi connectivity index (χ2n) is 10.3. The molecule has 0 fully saturated rings. The first-order valence-electron chi connectivity index (χ1n) is 11.9. The number of aryl methyl sites for hydroxylation is 1. The van der Waals surface area contributed by atoms with E-state index < -0.39 is 10.1 Å². The molecule has 0 unspecified atom stereocenters. The Bertz CT molecular complexity index is 1190. The number of rotatable bonds is 11. The van der Waals surface area contributed by atoms with Crippen molar-refractivity contribution in [3.63, 3.8) is 0 Å². The standard InChI is InChI=1S/C26H39N4O3S.HI/c1-27(2)23-12-10-21-18-22-11-13-24(28(3)4)20-26(22)29(25(21)19-23)14-9-16-30(5,6)15-7-8-17-34(31,32)33;/h10-13,18-20H,7-9,14-17H2,1-6H3;1H/q+1;/p-1. The maximum Gasteiger partial charge on any atom is 0.215 e. The molecule has 0 saturated carbocycles. The number of quaternary nitrogens is 1. The predicted octanol–water partition coefficient (Wildman–Crippen LogP) is 0.208. The summed E-state index contributed by atoms with van der Waals surface area (Å²) in [6, 6.07) is 15.5. The molecular formula is C26H39IN4O3S. The highest BCUT2D eigenvalue weighted by molar-refractivity contribution is 7.85. The Kier molecular flexibility index (Phi) is 10.2. The van der Waals surface area contributed by atoms with Crippen LogP contribution in [0.4, 0.5) is 11.4 Å². The zero-order chi connectivity index (χ0) is 25.1. The summed E-state index contributed by atoms with van der Waals surface area (Å²) in [6.45, 7) is 2.71. The van der Waals surface area contributed by atoms with Gasteiger partial charge in [-0.1, -0.05) is 0 Å². The Labute approximate surface area is 227 Å². The molecule has 2 aromatic carbocycles. The molecule has 194 valence electrons. The van der Waals surface area contributed by atoms with Gasteiger partial charge in [0.15, 0.2) is 6.54 Å². The van der Waals surface area contributed by atoms with Crippen molar-refractivity contribution in [3.05, 3.63) is 42.5 Å². The minimum absolute atomic E-state index is 0. The molecule has 1 aromatic heterocycles. The number of unbranched alkanes of at least 4 members (excludes halogenated alkanes) is 1. The van der Waals surface area contributed by atoms with Crippen molar-refractivity contribution < 1.29 is 46.0 Å². The molecule has 0 atom stereocenters. The number of halogens is 1. The fourth-order valence-corrected chi connectivity index (χ4v) is 5.02. The average molecular weight is 615 g/mol. The fraction of sp³-hybridized carbons (Fsp3) is 0.500. The molecule has 0 N–H and O–H groups in total. The van der Waals surface area contributed by atoms with Crippen molar-refractivity contribution in [1.29, 1.82) is 0 Å². The number of fused-ring (bicyclic) bond motifs is 2. The van der Waals surface area contributed by atoms with E-state index in [-0.39, 0.29) is 29.7 Å². The Morgan fingerprint density at radius 3 is 1.74 bits per heavy atom. The van der Waals surface area contributed by atoms with Crippen LogP contribution in [0.5, 0.6) is 0 Å². The van der Waals surface area contributed by atoms with E-state index in [0.717, 1.165) is 37.0 Å². The molecule has 0 amide bonds. The molecule has 0 bridgehead atoms. The molecular weight excluding hydrogens is 575 g/mol. The first-order valence-corrected chi connectivity index (χ1v) is 13.4. The highest BCUT2D eigenvalue weighted by atomic mass is 127. The van der Waals surface area contributed by atoms with E-state index in [4.69, 9.17) is 0 Å². The van der Waals surface area contributed by atoms with Crippen LogP contribution < -0.4 is 38.3 Å². The van der Waals surface area contributed by atoms with Crippen molar-refractivity contribution in [1.82, 2.24) is 0 Å². The second-order valence-corrected chi connectivity index (χ2v) is 11.8. The van der Waals surface area contributed by atoms with Gasteiger partial charge < -0.3 is 42.8 Å². The quantitative estimate of drug-likeness (QED) is 0.0772. The molecule has 0 aliphatic carbocycles. The first-order chi connectivity index (χ1) is 15.9. The number of aromatic nitrogens is 1. The lowest BCUT2D eigenvalue weighted by molar-refractivity contribution is -0.892. The van der Waals surface area contributed by atoms with Crippen LogP contribution in [-0.4, -0.2) is 78.6 Å². The average Bonchev–Trinajstić information content (AvgIpc) is 2.74. The lowest BCUT2D eigenvalue weighted by atomic mass is 10.1. The Morgan fingerprint density at radius 2 is 1.29 bits per heavy atom. The molecule has 35 heavy (non-hydrogen) atoms. The van der Waals surface area contributed by atoms with Gasteiger partial charge >= 0.3 is 0 Å². The molecule has 9 heteroatoms. The molecule has 1 heterocycles. The molecule has 7 nitrogen and oxygen atoms in total. The topological polar surface area (TPSA) is 67.6 Å². The third-order valence-corrected chi connectivity index (χ3v) is 7.30. The van der Waals surface area contributed by atoms with E-state index in [1.54, 1.807) is 0 Å². The van der Waals surface area contributed by atoms with Crippen LogP contribution in [0.2, 0.25) is 0 Å². The van der Waals surface area contributed by atoms with E-state index in [9.17, 15) is 13.0 Å². The van der Waals surface area contributed by atoms with Gasteiger partial charge in [-0.15, -0.1) is 0 Å². The van der Waals surface area contributed by atoms with Gasteiger partial charge in [0.2, 0.25) is 11.0 Å². The van der Waals surface area contributed by atoms with E-state index in [1.165, 1.54) is 33.2 Å². The Morgan fingerprint density at radius 1 is 0.800 bits per heavy atom. The lowest BCUT2D eigenvalue weighted by Gasteiger charge is -2.29. The zero-order valence-electron chi connectivity index (χ0n) is 21.8. The van der Waals surface area contributed by atoms with Crippen LogP contribution in [0.3, 0.4) is 0 Å². The number of pyridine rings is 1. The van der Waals surface area contributed by atoms with Crippen molar-refractivity contribution in [2.45, 2.75) is 25.8 Å². The minimum Gasteiger partial charge on any atom is -1.00 e. The van der Waals surface area contributed by atoms with Crippen LogP contribution in [-0.2, 0) is 16.7 Å².